The minimum atomic E-state index is -0.386. The van der Waals surface area contributed by atoms with Gasteiger partial charge in [-0.3, -0.25) is 4.57 Å². The number of hydrogen-bond donors (Lipinski definition) is 0. The smallest absolute Gasteiger partial charge is 0.137 e. The van der Waals surface area contributed by atoms with Crippen molar-refractivity contribution >= 4 is 44.6 Å². The van der Waals surface area contributed by atoms with Gasteiger partial charge >= 0.3 is 0 Å². The molecule has 4 nitrogen and oxygen atoms in total. The predicted molar refractivity (Wildman–Crippen MR) is 266 cm³/mol. The molecule has 0 atom stereocenters. The van der Waals surface area contributed by atoms with E-state index < -0.39 is 0 Å². The minimum absolute atomic E-state index is 0.00879. The number of rotatable bonds is 8. The van der Waals surface area contributed by atoms with Gasteiger partial charge in [-0.2, -0.15) is 0 Å². The molecule has 0 amide bonds. The summed E-state index contributed by atoms with van der Waals surface area (Å²) in [5, 5.41) is 2.45. The minimum Gasteiger partial charge on any atom is -0.321 e. The Morgan fingerprint density at radius 3 is 1.73 bits per heavy atom. The molecule has 9 aromatic rings. The molecule has 63 heavy (non-hydrogen) atoms. The number of anilines is 4. The summed E-state index contributed by atoms with van der Waals surface area (Å²) in [4.78, 5) is 10.1. The van der Waals surface area contributed by atoms with E-state index in [1.54, 1.807) is 0 Å². The lowest BCUT2D eigenvalue weighted by Crippen LogP contribution is -2.27. The van der Waals surface area contributed by atoms with Gasteiger partial charge in [0.2, 0.25) is 0 Å². The van der Waals surface area contributed by atoms with Crippen LogP contribution >= 0.6 is 0 Å². The number of benzene rings is 7. The summed E-state index contributed by atoms with van der Waals surface area (Å²) in [6, 6.07) is 67.0. The van der Waals surface area contributed by atoms with Crippen molar-refractivity contribution in [3.05, 3.63) is 227 Å². The third-order valence-electron chi connectivity index (χ3n) is 13.3. The van der Waals surface area contributed by atoms with Crippen LogP contribution in [-0.2, 0) is 22.7 Å². The second-order valence-corrected chi connectivity index (χ2v) is 19.5. The molecule has 4 heteroatoms. The molecule has 0 spiro atoms. The molecule has 7 aromatic carbocycles. The molecule has 0 N–H and O–H groups in total. The van der Waals surface area contributed by atoms with Gasteiger partial charge < -0.3 is 9.80 Å². The fourth-order valence-corrected chi connectivity index (χ4v) is 9.85. The van der Waals surface area contributed by atoms with Gasteiger partial charge in [0.15, 0.2) is 0 Å². The van der Waals surface area contributed by atoms with Gasteiger partial charge in [0, 0.05) is 33.8 Å². The van der Waals surface area contributed by atoms with Crippen LogP contribution in [0.2, 0.25) is 0 Å². The first-order valence-electron chi connectivity index (χ1n) is 22.4. The summed E-state index contributed by atoms with van der Waals surface area (Å²) < 4.78 is 2.37. The van der Waals surface area contributed by atoms with Crippen LogP contribution in [0.4, 0.5) is 22.7 Å². The van der Waals surface area contributed by atoms with E-state index in [0.29, 0.717) is 0 Å². The Morgan fingerprint density at radius 2 is 1.05 bits per heavy atom. The van der Waals surface area contributed by atoms with Crippen LogP contribution in [0, 0.1) is 0 Å². The summed E-state index contributed by atoms with van der Waals surface area (Å²) >= 11 is 0. The van der Waals surface area contributed by atoms with Crippen molar-refractivity contribution in [1.29, 1.82) is 0 Å². The van der Waals surface area contributed by atoms with Crippen LogP contribution in [0.3, 0.4) is 0 Å². The number of pyridine rings is 1. The van der Waals surface area contributed by atoms with Crippen LogP contribution in [0.15, 0.2) is 188 Å². The van der Waals surface area contributed by atoms with E-state index in [1.807, 2.05) is 6.20 Å². The lowest BCUT2D eigenvalue weighted by Gasteiger charge is -2.32. The molecule has 1 aliphatic heterocycles. The summed E-state index contributed by atoms with van der Waals surface area (Å²) in [5.41, 5.74) is 15.8. The highest BCUT2D eigenvalue weighted by Crippen LogP contribution is 2.48. The monoisotopic (exact) mass is 820 g/mol. The van der Waals surface area contributed by atoms with Gasteiger partial charge in [0.1, 0.15) is 12.5 Å². The van der Waals surface area contributed by atoms with E-state index in [-0.39, 0.29) is 16.2 Å². The van der Waals surface area contributed by atoms with Crippen LogP contribution in [0.25, 0.3) is 27.6 Å². The van der Waals surface area contributed by atoms with Crippen LogP contribution in [-0.4, -0.2) is 16.2 Å². The first-order valence-corrected chi connectivity index (χ1v) is 22.4. The lowest BCUT2D eigenvalue weighted by molar-refractivity contribution is 0.588. The van der Waals surface area contributed by atoms with Crippen LogP contribution < -0.4 is 9.80 Å². The van der Waals surface area contributed by atoms with Gasteiger partial charge in [-0.25, -0.2) is 4.98 Å². The molecule has 3 heterocycles. The summed E-state index contributed by atoms with van der Waals surface area (Å²) in [5.74, 6) is 0.913. The lowest BCUT2D eigenvalue weighted by atomic mass is 9.71. The molecule has 0 bridgehead atoms. The standard InChI is InChI=1S/C59H56N4/c1-57(2,3)46-35-42(36-47(38-46)61-40-62(54-29-19-18-28-53(54)61)52-27-17-15-25-50(52)58(4,5)6)34-41-30-31-49-48-24-14-16-26-51(48)63(55(49)37-41)56-39-45(32-33-60-56)59(7,43-20-10-8-11-21-43)44-22-12-9-13-23-44/h8-33,35-39H,34,40H2,1-7H3. The van der Waals surface area contributed by atoms with Gasteiger partial charge in [0.05, 0.1) is 22.4 Å². The summed E-state index contributed by atoms with van der Waals surface area (Å²) in [6.45, 7) is 17.0. The van der Waals surface area contributed by atoms with Crippen LogP contribution in [0.5, 0.6) is 0 Å². The Labute approximate surface area is 373 Å². The summed E-state index contributed by atoms with van der Waals surface area (Å²) in [6.07, 6.45) is 2.78. The Bertz CT molecular complexity index is 3070. The Morgan fingerprint density at radius 1 is 0.444 bits per heavy atom. The largest absolute Gasteiger partial charge is 0.321 e. The fraction of sp³-hybridized carbons (Fsp3) is 0.203. The van der Waals surface area contributed by atoms with E-state index in [1.165, 1.54) is 72.5 Å². The van der Waals surface area contributed by atoms with E-state index in [4.69, 9.17) is 4.98 Å². The normalized spacial score (nSPS) is 13.3. The number of fused-ring (bicyclic) bond motifs is 4. The molecule has 0 saturated carbocycles. The van der Waals surface area contributed by atoms with E-state index in [9.17, 15) is 0 Å². The predicted octanol–water partition coefficient (Wildman–Crippen LogP) is 15.0. The average Bonchev–Trinajstić information content (AvgIpc) is 3.85. The quantitative estimate of drug-likeness (QED) is 0.153. The molecule has 0 fully saturated rings. The van der Waals surface area contributed by atoms with E-state index in [0.717, 1.165) is 29.9 Å². The maximum Gasteiger partial charge on any atom is 0.137 e. The topological polar surface area (TPSA) is 24.3 Å². The molecule has 0 aliphatic carbocycles. The fourth-order valence-electron chi connectivity index (χ4n) is 9.85. The molecular formula is C59H56N4. The van der Waals surface area contributed by atoms with Crippen molar-refractivity contribution in [2.75, 3.05) is 16.5 Å². The highest BCUT2D eigenvalue weighted by atomic mass is 15.4. The van der Waals surface area contributed by atoms with E-state index in [2.05, 4.69) is 245 Å². The molecule has 312 valence electrons. The zero-order valence-corrected chi connectivity index (χ0v) is 37.6. The van der Waals surface area contributed by atoms with Crippen molar-refractivity contribution in [3.63, 3.8) is 0 Å². The number of para-hydroxylation sites is 4. The van der Waals surface area contributed by atoms with Crippen molar-refractivity contribution in [1.82, 2.24) is 9.55 Å². The van der Waals surface area contributed by atoms with Gasteiger partial charge in [-0.15, -0.1) is 0 Å². The Hall–Kier alpha value is -6.91. The van der Waals surface area contributed by atoms with Crippen molar-refractivity contribution in [3.8, 4) is 5.82 Å². The molecule has 10 rings (SSSR count). The second kappa shape index (κ2) is 15.5. The molecule has 0 unspecified atom stereocenters. The summed E-state index contributed by atoms with van der Waals surface area (Å²) in [7, 11) is 0. The third-order valence-corrected chi connectivity index (χ3v) is 13.3. The highest BCUT2D eigenvalue weighted by molar-refractivity contribution is 6.09. The van der Waals surface area contributed by atoms with Gasteiger partial charge in [0.25, 0.3) is 0 Å². The Kier molecular flexibility index (Phi) is 9.86. The van der Waals surface area contributed by atoms with Crippen LogP contribution in [0.1, 0.15) is 87.4 Å². The molecule has 2 aromatic heterocycles. The molecule has 1 aliphatic rings. The highest BCUT2D eigenvalue weighted by Gasteiger charge is 2.33. The Balaban J connectivity index is 1.07. The number of aromatic nitrogens is 2. The van der Waals surface area contributed by atoms with Crippen molar-refractivity contribution in [2.45, 2.75) is 71.1 Å². The zero-order chi connectivity index (χ0) is 43.5. The van der Waals surface area contributed by atoms with Crippen molar-refractivity contribution in [2.24, 2.45) is 0 Å². The first-order chi connectivity index (χ1) is 30.4. The molecular weight excluding hydrogens is 765 g/mol. The number of hydrogen-bond acceptors (Lipinski definition) is 3. The average molecular weight is 821 g/mol. The zero-order valence-electron chi connectivity index (χ0n) is 37.6. The maximum atomic E-state index is 5.11. The van der Waals surface area contributed by atoms with E-state index >= 15 is 0 Å². The van der Waals surface area contributed by atoms with Crippen molar-refractivity contribution < 1.29 is 0 Å². The second-order valence-electron chi connectivity index (χ2n) is 19.5. The van der Waals surface area contributed by atoms with Gasteiger partial charge in [-0.1, -0.05) is 169 Å². The third kappa shape index (κ3) is 7.18. The van der Waals surface area contributed by atoms with Gasteiger partial charge in [-0.05, 0) is 118 Å². The molecule has 0 saturated heterocycles. The number of nitrogens with zero attached hydrogens (tertiary/aromatic N) is 4. The SMILES string of the molecule is CC(C)(C)c1cc(Cc2ccc3c4ccccc4n(-c4cc(C(C)(c5ccccc5)c5ccccc5)ccn4)c3c2)cc(N2CN(c3ccccc3C(C)(C)C)c3ccccc32)c1. The molecule has 0 radical (unpaired) electrons. The first kappa shape index (κ1) is 40.2. The maximum absolute atomic E-state index is 5.11.